The minimum atomic E-state index is -0.0599. The number of carbonyl (C=O) groups is 2. The van der Waals surface area contributed by atoms with Crippen LogP contribution in [0.3, 0.4) is 0 Å². The van der Waals surface area contributed by atoms with Gasteiger partial charge in [-0.25, -0.2) is 4.98 Å². The summed E-state index contributed by atoms with van der Waals surface area (Å²) in [5, 5.41) is 5.94. The third kappa shape index (κ3) is 4.39. The fraction of sp³-hybridized carbons (Fsp3) is 0.318. The summed E-state index contributed by atoms with van der Waals surface area (Å²) >= 11 is 0. The van der Waals surface area contributed by atoms with Crippen molar-refractivity contribution in [3.63, 3.8) is 0 Å². The lowest BCUT2D eigenvalue weighted by molar-refractivity contribution is -0.123. The fourth-order valence-corrected chi connectivity index (χ4v) is 3.28. The molecule has 144 valence electrons. The second kappa shape index (κ2) is 8.25. The first-order valence-electron chi connectivity index (χ1n) is 9.73. The van der Waals surface area contributed by atoms with Gasteiger partial charge in [0.15, 0.2) is 0 Å². The topological polar surface area (TPSA) is 76.0 Å². The monoisotopic (exact) mass is 376 g/mol. The molecule has 1 saturated carbocycles. The maximum Gasteiger partial charge on any atom is 0.240 e. The molecule has 0 radical (unpaired) electrons. The molecule has 4 rings (SSSR count). The molecule has 1 heterocycles. The van der Waals surface area contributed by atoms with E-state index < -0.39 is 0 Å². The third-order valence-electron chi connectivity index (χ3n) is 4.96. The molecule has 3 aromatic rings. The molecule has 0 spiro atoms. The van der Waals surface area contributed by atoms with E-state index in [-0.39, 0.29) is 24.3 Å². The van der Waals surface area contributed by atoms with E-state index in [0.29, 0.717) is 19.5 Å². The van der Waals surface area contributed by atoms with Gasteiger partial charge >= 0.3 is 0 Å². The van der Waals surface area contributed by atoms with Crippen molar-refractivity contribution in [1.82, 2.24) is 20.2 Å². The highest BCUT2D eigenvalue weighted by Gasteiger charge is 2.29. The quantitative estimate of drug-likeness (QED) is 0.634. The number of nitrogens with one attached hydrogen (secondary N) is 2. The van der Waals surface area contributed by atoms with Crippen LogP contribution in [0.15, 0.2) is 54.6 Å². The Bertz CT molecular complexity index is 977. The zero-order valence-electron chi connectivity index (χ0n) is 15.7. The van der Waals surface area contributed by atoms with Crippen molar-refractivity contribution in [2.24, 2.45) is 5.92 Å². The van der Waals surface area contributed by atoms with Gasteiger partial charge in [-0.3, -0.25) is 9.59 Å². The van der Waals surface area contributed by atoms with E-state index in [0.717, 1.165) is 35.3 Å². The SMILES string of the molecule is O=C(Cn1c(CCNC(=O)C2CC2)nc2ccccc21)NCc1ccccc1. The Morgan fingerprint density at radius 2 is 1.75 bits per heavy atom. The molecule has 1 aromatic heterocycles. The van der Waals surface area contributed by atoms with Crippen molar-refractivity contribution in [2.75, 3.05) is 6.54 Å². The Balaban J connectivity index is 1.43. The molecule has 2 aromatic carbocycles. The van der Waals surface area contributed by atoms with E-state index in [1.165, 1.54) is 0 Å². The smallest absolute Gasteiger partial charge is 0.240 e. The van der Waals surface area contributed by atoms with Crippen molar-refractivity contribution < 1.29 is 9.59 Å². The van der Waals surface area contributed by atoms with Crippen LogP contribution in [0, 0.1) is 5.92 Å². The lowest BCUT2D eigenvalue weighted by Crippen LogP contribution is -2.30. The predicted octanol–water partition coefficient (Wildman–Crippen LogP) is 2.42. The molecule has 0 saturated heterocycles. The summed E-state index contributed by atoms with van der Waals surface area (Å²) in [5.74, 6) is 1.08. The molecule has 0 atom stereocenters. The van der Waals surface area contributed by atoms with Gasteiger partial charge in [0.25, 0.3) is 0 Å². The molecule has 0 bridgehead atoms. The summed E-state index contributed by atoms with van der Waals surface area (Å²) in [5.41, 5.74) is 2.86. The Kier molecular flexibility index (Phi) is 5.37. The first-order valence-corrected chi connectivity index (χ1v) is 9.73. The van der Waals surface area contributed by atoms with E-state index in [9.17, 15) is 9.59 Å². The Morgan fingerprint density at radius 1 is 1.00 bits per heavy atom. The molecule has 0 unspecified atom stereocenters. The van der Waals surface area contributed by atoms with Crippen molar-refractivity contribution >= 4 is 22.8 Å². The molecule has 1 fully saturated rings. The lowest BCUT2D eigenvalue weighted by Gasteiger charge is -2.11. The molecule has 6 heteroatoms. The van der Waals surface area contributed by atoms with E-state index >= 15 is 0 Å². The van der Waals surface area contributed by atoms with Gasteiger partial charge in [0.05, 0.1) is 11.0 Å². The molecular formula is C22H24N4O2. The van der Waals surface area contributed by atoms with Crippen LogP contribution in [0.2, 0.25) is 0 Å². The van der Waals surface area contributed by atoms with Crippen molar-refractivity contribution in [3.8, 4) is 0 Å². The number of imidazole rings is 1. The van der Waals surface area contributed by atoms with Crippen molar-refractivity contribution in [2.45, 2.75) is 32.4 Å². The zero-order valence-corrected chi connectivity index (χ0v) is 15.7. The van der Waals surface area contributed by atoms with E-state index in [1.54, 1.807) is 0 Å². The number of fused-ring (bicyclic) bond motifs is 1. The van der Waals surface area contributed by atoms with Crippen LogP contribution in [0.4, 0.5) is 0 Å². The van der Waals surface area contributed by atoms with Crippen LogP contribution in [-0.2, 0) is 29.1 Å². The third-order valence-corrected chi connectivity index (χ3v) is 4.96. The van der Waals surface area contributed by atoms with Crippen molar-refractivity contribution in [1.29, 1.82) is 0 Å². The molecule has 2 amide bonds. The summed E-state index contributed by atoms with van der Waals surface area (Å²) in [6.45, 7) is 1.24. The number of hydrogen-bond donors (Lipinski definition) is 2. The Morgan fingerprint density at radius 3 is 2.54 bits per heavy atom. The summed E-state index contributed by atoms with van der Waals surface area (Å²) in [7, 11) is 0. The number of aromatic nitrogens is 2. The number of carbonyl (C=O) groups excluding carboxylic acids is 2. The molecule has 6 nitrogen and oxygen atoms in total. The second-order valence-electron chi connectivity index (χ2n) is 7.18. The zero-order chi connectivity index (χ0) is 19.3. The van der Waals surface area contributed by atoms with Gasteiger partial charge in [-0.2, -0.15) is 0 Å². The fourth-order valence-electron chi connectivity index (χ4n) is 3.28. The van der Waals surface area contributed by atoms with Crippen LogP contribution in [0.25, 0.3) is 11.0 Å². The molecule has 0 aliphatic heterocycles. The summed E-state index contributed by atoms with van der Waals surface area (Å²) in [6.07, 6.45) is 2.58. The summed E-state index contributed by atoms with van der Waals surface area (Å²) < 4.78 is 1.94. The van der Waals surface area contributed by atoms with Gasteiger partial charge in [-0.05, 0) is 30.5 Å². The predicted molar refractivity (Wildman–Crippen MR) is 107 cm³/mol. The number of nitrogens with zero attached hydrogens (tertiary/aromatic N) is 2. The van der Waals surface area contributed by atoms with E-state index in [2.05, 4.69) is 15.6 Å². The summed E-state index contributed by atoms with van der Waals surface area (Å²) in [4.78, 5) is 29.1. The maximum absolute atomic E-state index is 12.5. The minimum Gasteiger partial charge on any atom is -0.355 e. The molecule has 1 aliphatic carbocycles. The maximum atomic E-state index is 12.5. The van der Waals surface area contributed by atoms with Crippen LogP contribution in [0.5, 0.6) is 0 Å². The molecule has 28 heavy (non-hydrogen) atoms. The van der Waals surface area contributed by atoms with Gasteiger partial charge in [-0.15, -0.1) is 0 Å². The number of benzene rings is 2. The highest BCUT2D eigenvalue weighted by molar-refractivity contribution is 5.82. The standard InChI is InChI=1S/C22H24N4O2/c27-21(24-14-16-6-2-1-3-7-16)15-26-19-9-5-4-8-18(19)25-20(26)12-13-23-22(28)17-10-11-17/h1-9,17H,10-15H2,(H,23,28)(H,24,27). The number of hydrogen-bond acceptors (Lipinski definition) is 3. The Hall–Kier alpha value is -3.15. The molecule has 1 aliphatic rings. The van der Waals surface area contributed by atoms with Crippen LogP contribution in [0.1, 0.15) is 24.2 Å². The summed E-state index contributed by atoms with van der Waals surface area (Å²) in [6, 6.07) is 17.6. The van der Waals surface area contributed by atoms with Crippen molar-refractivity contribution in [3.05, 3.63) is 66.0 Å². The largest absolute Gasteiger partial charge is 0.355 e. The van der Waals surface area contributed by atoms with Gasteiger partial charge in [0.2, 0.25) is 11.8 Å². The van der Waals surface area contributed by atoms with Crippen LogP contribution in [-0.4, -0.2) is 27.9 Å². The number of amides is 2. The highest BCUT2D eigenvalue weighted by atomic mass is 16.2. The average Bonchev–Trinajstić information content (AvgIpc) is 3.52. The minimum absolute atomic E-state index is 0.0599. The normalized spacial score (nSPS) is 13.4. The lowest BCUT2D eigenvalue weighted by atomic mass is 10.2. The number of para-hydroxylation sites is 2. The van der Waals surface area contributed by atoms with Crippen LogP contribution < -0.4 is 10.6 Å². The van der Waals surface area contributed by atoms with Gasteiger partial charge < -0.3 is 15.2 Å². The first kappa shape index (κ1) is 18.2. The van der Waals surface area contributed by atoms with Gasteiger partial charge in [0.1, 0.15) is 12.4 Å². The number of rotatable bonds is 8. The van der Waals surface area contributed by atoms with Gasteiger partial charge in [0, 0.05) is 25.4 Å². The molecular weight excluding hydrogens is 352 g/mol. The van der Waals surface area contributed by atoms with Crippen LogP contribution >= 0.6 is 0 Å². The highest BCUT2D eigenvalue weighted by Crippen LogP contribution is 2.28. The second-order valence-corrected chi connectivity index (χ2v) is 7.18. The Labute approximate surface area is 164 Å². The first-order chi connectivity index (χ1) is 13.7. The van der Waals surface area contributed by atoms with E-state index in [1.807, 2.05) is 59.2 Å². The van der Waals surface area contributed by atoms with Gasteiger partial charge in [-0.1, -0.05) is 42.5 Å². The average molecular weight is 376 g/mol. The van der Waals surface area contributed by atoms with E-state index in [4.69, 9.17) is 0 Å². The molecule has 2 N–H and O–H groups in total.